The zero-order valence-corrected chi connectivity index (χ0v) is 9.90. The van der Waals surface area contributed by atoms with Gasteiger partial charge in [-0.3, -0.25) is 9.48 Å². The van der Waals surface area contributed by atoms with Gasteiger partial charge in [-0.05, 0) is 18.2 Å². The Hall–Kier alpha value is -2.01. The molecule has 2 rings (SSSR count). The molecule has 1 aromatic carbocycles. The molecule has 0 unspecified atom stereocenters. The van der Waals surface area contributed by atoms with E-state index in [4.69, 9.17) is 17.3 Å². The van der Waals surface area contributed by atoms with Crippen LogP contribution in [0.4, 0.5) is 11.5 Å². The quantitative estimate of drug-likeness (QED) is 0.800. The van der Waals surface area contributed by atoms with Crippen LogP contribution in [0.3, 0.4) is 0 Å². The third-order valence-corrected chi connectivity index (χ3v) is 2.45. The molecule has 3 N–H and O–H groups in total. The van der Waals surface area contributed by atoms with Gasteiger partial charge in [0.15, 0.2) is 5.82 Å². The van der Waals surface area contributed by atoms with Crippen LogP contribution in [0.2, 0.25) is 5.02 Å². The molecule has 5 nitrogen and oxygen atoms in total. The minimum Gasteiger partial charge on any atom is -0.398 e. The van der Waals surface area contributed by atoms with E-state index in [0.29, 0.717) is 22.1 Å². The van der Waals surface area contributed by atoms with E-state index in [2.05, 4.69) is 10.4 Å². The third kappa shape index (κ3) is 2.57. The summed E-state index contributed by atoms with van der Waals surface area (Å²) in [7, 11) is 1.77. The van der Waals surface area contributed by atoms with Crippen molar-refractivity contribution in [3.8, 4) is 0 Å². The Morgan fingerprint density at radius 1 is 1.47 bits per heavy atom. The standard InChI is InChI=1S/C11H11ClN4O/c1-16-5-4-10(15-16)14-11(17)8-6-7(12)2-3-9(8)13/h2-6H,13H2,1H3,(H,14,15,17). The summed E-state index contributed by atoms with van der Waals surface area (Å²) < 4.78 is 1.59. The molecule has 0 saturated heterocycles. The van der Waals surface area contributed by atoms with Gasteiger partial charge in [0.25, 0.3) is 5.91 Å². The lowest BCUT2D eigenvalue weighted by Gasteiger charge is -2.05. The van der Waals surface area contributed by atoms with Gasteiger partial charge in [-0.2, -0.15) is 5.10 Å². The first-order chi connectivity index (χ1) is 8.06. The van der Waals surface area contributed by atoms with Gasteiger partial charge in [-0.15, -0.1) is 0 Å². The average molecular weight is 251 g/mol. The largest absolute Gasteiger partial charge is 0.398 e. The van der Waals surface area contributed by atoms with Crippen molar-refractivity contribution in [3.05, 3.63) is 41.0 Å². The van der Waals surface area contributed by atoms with Crippen LogP contribution in [-0.2, 0) is 7.05 Å². The number of hydrogen-bond acceptors (Lipinski definition) is 3. The van der Waals surface area contributed by atoms with Crippen LogP contribution < -0.4 is 11.1 Å². The molecule has 1 amide bonds. The SMILES string of the molecule is Cn1ccc(NC(=O)c2cc(Cl)ccc2N)n1. The normalized spacial score (nSPS) is 10.2. The second-order valence-electron chi connectivity index (χ2n) is 3.56. The lowest BCUT2D eigenvalue weighted by atomic mass is 10.1. The monoisotopic (exact) mass is 250 g/mol. The molecule has 2 aromatic rings. The van der Waals surface area contributed by atoms with Gasteiger partial charge in [-0.1, -0.05) is 11.6 Å². The zero-order valence-electron chi connectivity index (χ0n) is 9.14. The Balaban J connectivity index is 2.22. The molecule has 6 heteroatoms. The number of carbonyl (C=O) groups is 1. The number of benzene rings is 1. The summed E-state index contributed by atoms with van der Waals surface area (Å²) >= 11 is 5.81. The third-order valence-electron chi connectivity index (χ3n) is 2.22. The number of nitrogens with one attached hydrogen (secondary N) is 1. The summed E-state index contributed by atoms with van der Waals surface area (Å²) in [6.45, 7) is 0. The van der Waals surface area contributed by atoms with Crippen LogP contribution in [0.1, 0.15) is 10.4 Å². The fourth-order valence-electron chi connectivity index (χ4n) is 1.39. The van der Waals surface area contributed by atoms with E-state index in [1.807, 2.05) is 0 Å². The van der Waals surface area contributed by atoms with Gasteiger partial charge in [0.1, 0.15) is 0 Å². The molecule has 0 radical (unpaired) electrons. The number of hydrogen-bond donors (Lipinski definition) is 2. The molecule has 17 heavy (non-hydrogen) atoms. The minimum absolute atomic E-state index is 0.330. The first-order valence-electron chi connectivity index (χ1n) is 4.92. The second-order valence-corrected chi connectivity index (χ2v) is 4.00. The lowest BCUT2D eigenvalue weighted by molar-refractivity contribution is 0.102. The fourth-order valence-corrected chi connectivity index (χ4v) is 1.56. The highest BCUT2D eigenvalue weighted by Gasteiger charge is 2.11. The van der Waals surface area contributed by atoms with Crippen molar-refractivity contribution in [2.24, 2.45) is 7.05 Å². The summed E-state index contributed by atoms with van der Waals surface area (Å²) in [4.78, 5) is 11.9. The molecule has 0 aliphatic heterocycles. The number of nitrogens with two attached hydrogens (primary N) is 1. The Morgan fingerprint density at radius 3 is 2.88 bits per heavy atom. The van der Waals surface area contributed by atoms with E-state index in [9.17, 15) is 4.79 Å². The Morgan fingerprint density at radius 2 is 2.24 bits per heavy atom. The van der Waals surface area contributed by atoms with Crippen molar-refractivity contribution in [1.82, 2.24) is 9.78 Å². The molecule has 0 bridgehead atoms. The first-order valence-corrected chi connectivity index (χ1v) is 5.30. The minimum atomic E-state index is -0.330. The molecular formula is C11H11ClN4O. The average Bonchev–Trinajstić information content (AvgIpc) is 2.67. The fraction of sp³-hybridized carbons (Fsp3) is 0.0909. The predicted molar refractivity (Wildman–Crippen MR) is 67.0 cm³/mol. The van der Waals surface area contributed by atoms with E-state index in [-0.39, 0.29) is 5.91 Å². The molecule has 1 heterocycles. The van der Waals surface area contributed by atoms with E-state index in [1.54, 1.807) is 36.1 Å². The molecule has 0 saturated carbocycles. The van der Waals surface area contributed by atoms with Gasteiger partial charge < -0.3 is 11.1 Å². The van der Waals surface area contributed by atoms with Crippen molar-refractivity contribution in [1.29, 1.82) is 0 Å². The van der Waals surface area contributed by atoms with E-state index < -0.39 is 0 Å². The van der Waals surface area contributed by atoms with E-state index in [0.717, 1.165) is 0 Å². The molecule has 0 spiro atoms. The highest BCUT2D eigenvalue weighted by molar-refractivity contribution is 6.31. The molecule has 0 aliphatic rings. The van der Waals surface area contributed by atoms with Gasteiger partial charge in [0.2, 0.25) is 0 Å². The van der Waals surface area contributed by atoms with Crippen LogP contribution >= 0.6 is 11.6 Å². The number of nitrogen functional groups attached to an aromatic ring is 1. The Labute approximate surface area is 103 Å². The highest BCUT2D eigenvalue weighted by Crippen LogP contribution is 2.18. The maximum atomic E-state index is 11.9. The number of aromatic nitrogens is 2. The van der Waals surface area contributed by atoms with Crippen LogP contribution in [0.15, 0.2) is 30.5 Å². The Kier molecular flexibility index (Phi) is 3.01. The maximum Gasteiger partial charge on any atom is 0.259 e. The molecular weight excluding hydrogens is 240 g/mol. The van der Waals surface area contributed by atoms with Gasteiger partial charge in [0, 0.05) is 30.0 Å². The number of halogens is 1. The molecule has 1 aromatic heterocycles. The second kappa shape index (κ2) is 4.47. The zero-order chi connectivity index (χ0) is 12.4. The van der Waals surface area contributed by atoms with Crippen LogP contribution in [0, 0.1) is 0 Å². The molecule has 0 atom stereocenters. The van der Waals surface area contributed by atoms with E-state index >= 15 is 0 Å². The Bertz CT molecular complexity index is 564. The maximum absolute atomic E-state index is 11.9. The first kappa shape index (κ1) is 11.5. The highest BCUT2D eigenvalue weighted by atomic mass is 35.5. The van der Waals surface area contributed by atoms with Gasteiger partial charge in [-0.25, -0.2) is 0 Å². The van der Waals surface area contributed by atoms with Gasteiger partial charge >= 0.3 is 0 Å². The van der Waals surface area contributed by atoms with Crippen LogP contribution in [0.5, 0.6) is 0 Å². The number of rotatable bonds is 2. The molecule has 88 valence electrons. The summed E-state index contributed by atoms with van der Waals surface area (Å²) in [5, 5.41) is 7.14. The van der Waals surface area contributed by atoms with E-state index in [1.165, 1.54) is 6.07 Å². The van der Waals surface area contributed by atoms with Gasteiger partial charge in [0.05, 0.1) is 5.56 Å². The van der Waals surface area contributed by atoms with Crippen molar-refractivity contribution in [2.45, 2.75) is 0 Å². The van der Waals surface area contributed by atoms with Crippen molar-refractivity contribution >= 4 is 29.0 Å². The lowest BCUT2D eigenvalue weighted by Crippen LogP contribution is -2.14. The number of anilines is 2. The summed E-state index contributed by atoms with van der Waals surface area (Å²) in [5.41, 5.74) is 6.42. The van der Waals surface area contributed by atoms with Crippen molar-refractivity contribution in [2.75, 3.05) is 11.1 Å². The number of nitrogens with zero attached hydrogens (tertiary/aromatic N) is 2. The molecule has 0 aliphatic carbocycles. The van der Waals surface area contributed by atoms with Crippen LogP contribution in [0.25, 0.3) is 0 Å². The topological polar surface area (TPSA) is 72.9 Å². The number of aryl methyl sites for hydroxylation is 1. The number of amides is 1. The number of carbonyl (C=O) groups excluding carboxylic acids is 1. The van der Waals surface area contributed by atoms with Crippen molar-refractivity contribution < 1.29 is 4.79 Å². The van der Waals surface area contributed by atoms with Crippen LogP contribution in [-0.4, -0.2) is 15.7 Å². The molecule has 0 fully saturated rings. The van der Waals surface area contributed by atoms with Crippen molar-refractivity contribution in [3.63, 3.8) is 0 Å². The summed E-state index contributed by atoms with van der Waals surface area (Å²) in [6.07, 6.45) is 1.73. The summed E-state index contributed by atoms with van der Waals surface area (Å²) in [6, 6.07) is 6.44. The summed E-state index contributed by atoms with van der Waals surface area (Å²) in [5.74, 6) is 0.139. The smallest absolute Gasteiger partial charge is 0.259 e. The predicted octanol–water partition coefficient (Wildman–Crippen LogP) is 1.91.